The van der Waals surface area contributed by atoms with E-state index in [0.29, 0.717) is 12.0 Å². The van der Waals surface area contributed by atoms with Crippen molar-refractivity contribution in [3.05, 3.63) is 32.1 Å². The lowest BCUT2D eigenvalue weighted by molar-refractivity contribution is 0.538. The van der Waals surface area contributed by atoms with Crippen molar-refractivity contribution in [2.45, 2.75) is 40.2 Å². The van der Waals surface area contributed by atoms with Crippen LogP contribution in [0.15, 0.2) is 9.59 Å². The SMILES string of the molecule is CCc1[nH]c(=O)n(C(C)C)c(=O)c1C. The molecule has 4 heteroatoms. The zero-order valence-electron chi connectivity index (χ0n) is 9.05. The summed E-state index contributed by atoms with van der Waals surface area (Å²) in [7, 11) is 0. The Morgan fingerprint density at radius 2 is 1.93 bits per heavy atom. The monoisotopic (exact) mass is 196 g/mol. The number of hydrogen-bond donors (Lipinski definition) is 1. The third-order valence-corrected chi connectivity index (χ3v) is 2.34. The van der Waals surface area contributed by atoms with Crippen LogP contribution in [0.5, 0.6) is 0 Å². The van der Waals surface area contributed by atoms with Gasteiger partial charge in [0.15, 0.2) is 0 Å². The van der Waals surface area contributed by atoms with Gasteiger partial charge in [-0.3, -0.25) is 9.36 Å². The average Bonchev–Trinajstić information content (AvgIpc) is 2.10. The summed E-state index contributed by atoms with van der Waals surface area (Å²) in [6.07, 6.45) is 0.676. The maximum atomic E-state index is 11.8. The van der Waals surface area contributed by atoms with Crippen LogP contribution in [0.2, 0.25) is 0 Å². The van der Waals surface area contributed by atoms with Crippen LogP contribution in [-0.4, -0.2) is 9.55 Å². The summed E-state index contributed by atoms with van der Waals surface area (Å²) in [6.45, 7) is 7.30. The Hall–Kier alpha value is -1.32. The fraction of sp³-hybridized carbons (Fsp3) is 0.600. The van der Waals surface area contributed by atoms with Crippen LogP contribution in [0, 0.1) is 6.92 Å². The third kappa shape index (κ3) is 1.64. The van der Waals surface area contributed by atoms with Crippen LogP contribution >= 0.6 is 0 Å². The molecular formula is C10H16N2O2. The fourth-order valence-corrected chi connectivity index (χ4v) is 1.51. The molecular weight excluding hydrogens is 180 g/mol. The van der Waals surface area contributed by atoms with Crippen LogP contribution in [-0.2, 0) is 6.42 Å². The minimum atomic E-state index is -0.313. The van der Waals surface area contributed by atoms with E-state index in [1.54, 1.807) is 6.92 Å². The number of rotatable bonds is 2. The van der Waals surface area contributed by atoms with Crippen molar-refractivity contribution in [1.29, 1.82) is 0 Å². The highest BCUT2D eigenvalue weighted by Crippen LogP contribution is 2.00. The highest BCUT2D eigenvalue weighted by molar-refractivity contribution is 5.14. The molecule has 14 heavy (non-hydrogen) atoms. The maximum absolute atomic E-state index is 11.8. The summed E-state index contributed by atoms with van der Waals surface area (Å²) in [5.41, 5.74) is 0.880. The van der Waals surface area contributed by atoms with E-state index in [1.165, 1.54) is 4.57 Å². The van der Waals surface area contributed by atoms with Gasteiger partial charge in [0.1, 0.15) is 0 Å². The van der Waals surface area contributed by atoms with Crippen LogP contribution in [0.3, 0.4) is 0 Å². The van der Waals surface area contributed by atoms with Gasteiger partial charge in [-0.05, 0) is 27.2 Å². The molecule has 4 nitrogen and oxygen atoms in total. The van der Waals surface area contributed by atoms with Gasteiger partial charge in [0.2, 0.25) is 0 Å². The molecule has 0 aliphatic heterocycles. The number of aromatic amines is 1. The Kier molecular flexibility index (Phi) is 2.93. The topological polar surface area (TPSA) is 54.9 Å². The highest BCUT2D eigenvalue weighted by atomic mass is 16.2. The van der Waals surface area contributed by atoms with Gasteiger partial charge in [-0.2, -0.15) is 0 Å². The molecule has 0 aromatic carbocycles. The number of aryl methyl sites for hydroxylation is 1. The second-order valence-corrected chi connectivity index (χ2v) is 3.66. The Balaban J connectivity index is 3.58. The van der Waals surface area contributed by atoms with E-state index in [4.69, 9.17) is 0 Å². The normalized spacial score (nSPS) is 10.9. The molecule has 1 rings (SSSR count). The Labute approximate surface area is 82.6 Å². The van der Waals surface area contributed by atoms with Crippen molar-refractivity contribution in [3.63, 3.8) is 0 Å². The van der Waals surface area contributed by atoms with Crippen molar-refractivity contribution in [2.24, 2.45) is 0 Å². The Morgan fingerprint density at radius 1 is 1.36 bits per heavy atom. The highest BCUT2D eigenvalue weighted by Gasteiger charge is 2.10. The number of H-pyrrole nitrogens is 1. The Bertz CT molecular complexity index is 440. The molecule has 0 saturated carbocycles. The van der Waals surface area contributed by atoms with Crippen molar-refractivity contribution in [3.8, 4) is 0 Å². The maximum Gasteiger partial charge on any atom is 0.328 e. The first kappa shape index (κ1) is 10.8. The van der Waals surface area contributed by atoms with E-state index in [0.717, 1.165) is 5.69 Å². The first-order valence-electron chi connectivity index (χ1n) is 4.83. The first-order valence-corrected chi connectivity index (χ1v) is 4.83. The molecule has 1 heterocycles. The molecule has 0 atom stereocenters. The van der Waals surface area contributed by atoms with Crippen molar-refractivity contribution in [2.75, 3.05) is 0 Å². The lowest BCUT2D eigenvalue weighted by Gasteiger charge is -2.11. The third-order valence-electron chi connectivity index (χ3n) is 2.34. The lowest BCUT2D eigenvalue weighted by Crippen LogP contribution is -2.38. The van der Waals surface area contributed by atoms with Crippen LogP contribution < -0.4 is 11.2 Å². The molecule has 1 aromatic rings. The van der Waals surface area contributed by atoms with Gasteiger partial charge < -0.3 is 4.98 Å². The van der Waals surface area contributed by atoms with Crippen molar-refractivity contribution >= 4 is 0 Å². The van der Waals surface area contributed by atoms with Gasteiger partial charge in [0.05, 0.1) is 0 Å². The summed E-state index contributed by atoms with van der Waals surface area (Å²) in [4.78, 5) is 26.0. The number of nitrogens with zero attached hydrogens (tertiary/aromatic N) is 1. The van der Waals surface area contributed by atoms with Crippen molar-refractivity contribution in [1.82, 2.24) is 9.55 Å². The summed E-state index contributed by atoms with van der Waals surface area (Å²) in [5, 5.41) is 0. The summed E-state index contributed by atoms with van der Waals surface area (Å²) >= 11 is 0. The zero-order chi connectivity index (χ0) is 10.9. The number of aromatic nitrogens is 2. The smallest absolute Gasteiger partial charge is 0.311 e. The Morgan fingerprint density at radius 3 is 2.36 bits per heavy atom. The van der Waals surface area contributed by atoms with Crippen molar-refractivity contribution < 1.29 is 0 Å². The van der Waals surface area contributed by atoms with Gasteiger partial charge in [0.25, 0.3) is 5.56 Å². The quantitative estimate of drug-likeness (QED) is 0.766. The first-order chi connectivity index (χ1) is 6.49. The van der Waals surface area contributed by atoms with Gasteiger partial charge in [0, 0.05) is 17.3 Å². The molecule has 78 valence electrons. The second kappa shape index (κ2) is 3.82. The molecule has 1 aromatic heterocycles. The van der Waals surface area contributed by atoms with Gasteiger partial charge in [-0.15, -0.1) is 0 Å². The molecule has 0 spiro atoms. The van der Waals surface area contributed by atoms with E-state index in [9.17, 15) is 9.59 Å². The van der Waals surface area contributed by atoms with E-state index in [-0.39, 0.29) is 17.3 Å². The van der Waals surface area contributed by atoms with Gasteiger partial charge >= 0.3 is 5.69 Å². The minimum Gasteiger partial charge on any atom is -0.311 e. The van der Waals surface area contributed by atoms with E-state index in [2.05, 4.69) is 4.98 Å². The minimum absolute atomic E-state index is 0.101. The van der Waals surface area contributed by atoms with Crippen LogP contribution in [0.4, 0.5) is 0 Å². The molecule has 0 fully saturated rings. The largest absolute Gasteiger partial charge is 0.328 e. The molecule has 1 N–H and O–H groups in total. The summed E-state index contributed by atoms with van der Waals surface area (Å²) in [5.74, 6) is 0. The fourth-order valence-electron chi connectivity index (χ4n) is 1.51. The van der Waals surface area contributed by atoms with Gasteiger partial charge in [-0.25, -0.2) is 4.79 Å². The lowest BCUT2D eigenvalue weighted by atomic mass is 10.2. The van der Waals surface area contributed by atoms with E-state index in [1.807, 2.05) is 20.8 Å². The second-order valence-electron chi connectivity index (χ2n) is 3.66. The predicted molar refractivity (Wildman–Crippen MR) is 55.8 cm³/mol. The number of nitrogens with one attached hydrogen (secondary N) is 1. The average molecular weight is 196 g/mol. The van der Waals surface area contributed by atoms with Crippen LogP contribution in [0.25, 0.3) is 0 Å². The van der Waals surface area contributed by atoms with Gasteiger partial charge in [-0.1, -0.05) is 6.92 Å². The summed E-state index contributed by atoms with van der Waals surface area (Å²) in [6, 6.07) is -0.101. The molecule has 0 aliphatic rings. The molecule has 0 bridgehead atoms. The molecule has 0 saturated heterocycles. The predicted octanol–water partition coefficient (Wildman–Crippen LogP) is 0.988. The molecule has 0 aliphatic carbocycles. The zero-order valence-corrected chi connectivity index (χ0v) is 9.05. The van der Waals surface area contributed by atoms with Crippen LogP contribution in [0.1, 0.15) is 38.1 Å². The molecule has 0 amide bonds. The molecule has 0 unspecified atom stereocenters. The number of hydrogen-bond acceptors (Lipinski definition) is 2. The van der Waals surface area contributed by atoms with E-state index >= 15 is 0 Å². The van der Waals surface area contributed by atoms with E-state index < -0.39 is 0 Å². The molecule has 0 radical (unpaired) electrons. The summed E-state index contributed by atoms with van der Waals surface area (Å²) < 4.78 is 1.24. The standard InChI is InChI=1S/C10H16N2O2/c1-5-8-7(4)9(13)12(6(2)3)10(14)11-8/h6H,5H2,1-4H3,(H,11,14).